The number of hydrogen-bond acceptors (Lipinski definition) is 8. The lowest BCUT2D eigenvalue weighted by Gasteiger charge is -2.11. The minimum Gasteiger partial charge on any atom is -0.497 e. The van der Waals surface area contributed by atoms with Crippen molar-refractivity contribution in [2.24, 2.45) is 5.10 Å². The molecule has 0 atom stereocenters. The maximum atomic E-state index is 12.5. The van der Waals surface area contributed by atoms with Gasteiger partial charge in [0.2, 0.25) is 0 Å². The van der Waals surface area contributed by atoms with Crippen LogP contribution in [-0.2, 0) is 4.79 Å². The summed E-state index contributed by atoms with van der Waals surface area (Å²) in [6.07, 6.45) is 1.50. The Balaban J connectivity index is 1.51. The van der Waals surface area contributed by atoms with Crippen LogP contribution in [0, 0.1) is 0 Å². The molecule has 11 heteroatoms. The molecule has 4 rings (SSSR count). The first kappa shape index (κ1) is 26.1. The van der Waals surface area contributed by atoms with E-state index >= 15 is 0 Å². The van der Waals surface area contributed by atoms with E-state index in [9.17, 15) is 4.79 Å². The van der Waals surface area contributed by atoms with E-state index in [1.165, 1.54) is 18.0 Å². The predicted molar refractivity (Wildman–Crippen MR) is 144 cm³/mol. The predicted octanol–water partition coefficient (Wildman–Crippen LogP) is 4.86. The lowest BCUT2D eigenvalue weighted by Crippen LogP contribution is -2.20. The van der Waals surface area contributed by atoms with Crippen molar-refractivity contribution < 1.29 is 19.0 Å². The molecule has 1 N–H and O–H groups in total. The van der Waals surface area contributed by atoms with Gasteiger partial charge in [-0.1, -0.05) is 29.4 Å². The molecule has 0 radical (unpaired) electrons. The molecule has 0 unspecified atom stereocenters. The lowest BCUT2D eigenvalue weighted by molar-refractivity contribution is -0.118. The quantitative estimate of drug-likeness (QED) is 0.175. The number of nitrogens with one attached hydrogen (secondary N) is 1. The summed E-state index contributed by atoms with van der Waals surface area (Å²) in [6.45, 7) is 0. The molecule has 37 heavy (non-hydrogen) atoms. The number of halogens is 1. The van der Waals surface area contributed by atoms with Gasteiger partial charge in [0.1, 0.15) is 5.75 Å². The van der Waals surface area contributed by atoms with Gasteiger partial charge in [0.25, 0.3) is 5.91 Å². The van der Waals surface area contributed by atoms with Crippen LogP contribution in [0.2, 0.25) is 5.02 Å². The second-order valence-electron chi connectivity index (χ2n) is 7.51. The molecular formula is C26H24ClN5O4S. The van der Waals surface area contributed by atoms with E-state index < -0.39 is 0 Å². The summed E-state index contributed by atoms with van der Waals surface area (Å²) in [5, 5.41) is 13.9. The second-order valence-corrected chi connectivity index (χ2v) is 8.89. The summed E-state index contributed by atoms with van der Waals surface area (Å²) >= 11 is 7.33. The normalized spacial score (nSPS) is 10.9. The number of methoxy groups -OCH3 is 3. The van der Waals surface area contributed by atoms with Crippen molar-refractivity contribution >= 4 is 35.5 Å². The van der Waals surface area contributed by atoms with Gasteiger partial charge in [0.05, 0.1) is 33.3 Å². The molecule has 1 heterocycles. The molecular weight excluding hydrogens is 514 g/mol. The van der Waals surface area contributed by atoms with Crippen molar-refractivity contribution in [1.82, 2.24) is 20.2 Å². The summed E-state index contributed by atoms with van der Waals surface area (Å²) in [5.74, 6) is 2.22. The van der Waals surface area contributed by atoms with E-state index in [2.05, 4.69) is 20.7 Å². The topological polar surface area (TPSA) is 99.9 Å². The van der Waals surface area contributed by atoms with Crippen molar-refractivity contribution in [1.29, 1.82) is 0 Å². The summed E-state index contributed by atoms with van der Waals surface area (Å²) < 4.78 is 17.8. The van der Waals surface area contributed by atoms with Gasteiger partial charge in [-0.15, -0.1) is 10.2 Å². The van der Waals surface area contributed by atoms with Crippen molar-refractivity contribution in [2.45, 2.75) is 5.16 Å². The second kappa shape index (κ2) is 12.3. The number of rotatable bonds is 10. The Bertz CT molecular complexity index is 1390. The average molecular weight is 538 g/mol. The largest absolute Gasteiger partial charge is 0.497 e. The fourth-order valence-corrected chi connectivity index (χ4v) is 4.33. The van der Waals surface area contributed by atoms with Crippen LogP contribution in [0.5, 0.6) is 17.2 Å². The number of hydrogen-bond donors (Lipinski definition) is 1. The molecule has 0 saturated heterocycles. The van der Waals surface area contributed by atoms with Crippen LogP contribution in [0.1, 0.15) is 5.56 Å². The number of amides is 1. The van der Waals surface area contributed by atoms with E-state index in [1.807, 2.05) is 47.0 Å². The first-order valence-corrected chi connectivity index (χ1v) is 12.4. The molecule has 0 aliphatic heterocycles. The Morgan fingerprint density at radius 2 is 1.76 bits per heavy atom. The number of thioether (sulfide) groups is 1. The molecule has 1 amide bonds. The van der Waals surface area contributed by atoms with Crippen LogP contribution < -0.4 is 19.6 Å². The first-order valence-electron chi connectivity index (χ1n) is 11.1. The zero-order valence-corrected chi connectivity index (χ0v) is 21.9. The molecule has 9 nitrogen and oxygen atoms in total. The minimum absolute atomic E-state index is 0.0704. The number of aromatic nitrogens is 3. The van der Waals surface area contributed by atoms with Gasteiger partial charge >= 0.3 is 0 Å². The molecule has 0 aliphatic rings. The van der Waals surface area contributed by atoms with Gasteiger partial charge in [-0.05, 0) is 60.7 Å². The minimum atomic E-state index is -0.306. The maximum Gasteiger partial charge on any atom is 0.250 e. The molecule has 3 aromatic carbocycles. The summed E-state index contributed by atoms with van der Waals surface area (Å²) in [4.78, 5) is 12.5. The van der Waals surface area contributed by atoms with Crippen LogP contribution in [0.3, 0.4) is 0 Å². The van der Waals surface area contributed by atoms with Crippen LogP contribution in [0.15, 0.2) is 77.0 Å². The average Bonchev–Trinajstić information content (AvgIpc) is 3.36. The van der Waals surface area contributed by atoms with E-state index in [1.54, 1.807) is 45.6 Å². The summed E-state index contributed by atoms with van der Waals surface area (Å²) in [7, 11) is 4.71. The number of benzene rings is 3. The fraction of sp³-hybridized carbons (Fsp3) is 0.154. The first-order chi connectivity index (χ1) is 18.0. The number of ether oxygens (including phenoxy) is 3. The molecule has 0 aliphatic carbocycles. The number of carbonyl (C=O) groups is 1. The zero-order valence-electron chi connectivity index (χ0n) is 20.3. The van der Waals surface area contributed by atoms with Crippen LogP contribution in [0.25, 0.3) is 17.1 Å². The Kier molecular flexibility index (Phi) is 8.65. The fourth-order valence-electron chi connectivity index (χ4n) is 3.46. The maximum absolute atomic E-state index is 12.5. The standard InChI is InChI=1S/C26H24ClN5O4S/c1-34-21-13-7-17(8-14-21)25-30-31-26(32(25)20-11-9-19(27)10-12-20)37-16-23(33)29-28-15-18-5-4-6-22(35-2)24(18)36-3/h4-15H,16H2,1-3H3,(H,29,33). The summed E-state index contributed by atoms with van der Waals surface area (Å²) in [6, 6.07) is 20.2. The van der Waals surface area contributed by atoms with Crippen molar-refractivity contribution in [2.75, 3.05) is 27.1 Å². The smallest absolute Gasteiger partial charge is 0.250 e. The van der Waals surface area contributed by atoms with Crippen LogP contribution >= 0.6 is 23.4 Å². The number of nitrogens with zero attached hydrogens (tertiary/aromatic N) is 4. The highest BCUT2D eigenvalue weighted by Crippen LogP contribution is 2.30. The van der Waals surface area contributed by atoms with E-state index in [-0.39, 0.29) is 11.7 Å². The van der Waals surface area contributed by atoms with Gasteiger partial charge in [0.15, 0.2) is 22.5 Å². The van der Waals surface area contributed by atoms with Gasteiger partial charge < -0.3 is 14.2 Å². The molecule has 0 saturated carbocycles. The third kappa shape index (κ3) is 6.22. The van der Waals surface area contributed by atoms with E-state index in [0.717, 1.165) is 17.0 Å². The zero-order chi connectivity index (χ0) is 26.2. The highest BCUT2D eigenvalue weighted by molar-refractivity contribution is 7.99. The Hall–Kier alpha value is -4.02. The van der Waals surface area contributed by atoms with Crippen molar-refractivity contribution in [3.05, 3.63) is 77.3 Å². The van der Waals surface area contributed by atoms with E-state index in [4.69, 9.17) is 25.8 Å². The number of carbonyl (C=O) groups excluding carboxylic acids is 1. The molecule has 0 spiro atoms. The van der Waals surface area contributed by atoms with Crippen LogP contribution in [-0.4, -0.2) is 54.0 Å². The Morgan fingerprint density at radius 3 is 2.43 bits per heavy atom. The van der Waals surface area contributed by atoms with E-state index in [0.29, 0.717) is 33.1 Å². The molecule has 0 fully saturated rings. The highest BCUT2D eigenvalue weighted by Gasteiger charge is 2.17. The Morgan fingerprint density at radius 1 is 1.00 bits per heavy atom. The highest BCUT2D eigenvalue weighted by atomic mass is 35.5. The molecule has 4 aromatic rings. The van der Waals surface area contributed by atoms with Gasteiger partial charge in [-0.25, -0.2) is 5.43 Å². The van der Waals surface area contributed by atoms with Crippen molar-refractivity contribution in [3.8, 4) is 34.3 Å². The van der Waals surface area contributed by atoms with Crippen molar-refractivity contribution in [3.63, 3.8) is 0 Å². The summed E-state index contributed by atoms with van der Waals surface area (Å²) in [5.41, 5.74) is 4.86. The van der Waals surface area contributed by atoms with Gasteiger partial charge in [0, 0.05) is 21.8 Å². The number of hydrazone groups is 1. The monoisotopic (exact) mass is 537 g/mol. The third-order valence-corrected chi connectivity index (χ3v) is 6.41. The van der Waals surface area contributed by atoms with Gasteiger partial charge in [-0.3, -0.25) is 9.36 Å². The molecule has 1 aromatic heterocycles. The van der Waals surface area contributed by atoms with Crippen LogP contribution in [0.4, 0.5) is 0 Å². The Labute approximate surface area is 223 Å². The SMILES string of the molecule is COc1ccc(-c2nnc(SCC(=O)NN=Cc3cccc(OC)c3OC)n2-c2ccc(Cl)cc2)cc1. The number of para-hydroxylation sites is 1. The molecule has 190 valence electrons. The molecule has 0 bridgehead atoms. The lowest BCUT2D eigenvalue weighted by atomic mass is 10.2. The third-order valence-electron chi connectivity index (χ3n) is 5.23. The van der Waals surface area contributed by atoms with Gasteiger partial charge in [-0.2, -0.15) is 5.10 Å².